The summed E-state index contributed by atoms with van der Waals surface area (Å²) in [6.45, 7) is 3.61. The highest BCUT2D eigenvalue weighted by molar-refractivity contribution is 7.16. The van der Waals surface area contributed by atoms with E-state index in [1.54, 1.807) is 12.3 Å². The number of pyridine rings is 1. The topological polar surface area (TPSA) is 89.0 Å². The van der Waals surface area contributed by atoms with Crippen molar-refractivity contribution in [3.63, 3.8) is 0 Å². The molecule has 0 fully saturated rings. The Balaban J connectivity index is 1.72. The molecule has 3 aromatic heterocycles. The van der Waals surface area contributed by atoms with Crippen LogP contribution in [0.15, 0.2) is 23.8 Å². The molecule has 1 amide bonds. The van der Waals surface area contributed by atoms with Gasteiger partial charge in [-0.05, 0) is 13.8 Å². The predicted molar refractivity (Wildman–Crippen MR) is 90.8 cm³/mol. The third-order valence-electron chi connectivity index (χ3n) is 2.70. The molecule has 3 aromatic rings. The van der Waals surface area contributed by atoms with E-state index < -0.39 is 11.9 Å². The summed E-state index contributed by atoms with van der Waals surface area (Å²) in [4.78, 5) is 24.0. The maximum absolute atomic E-state index is 13.2. The molecular formula is C14H12FN5O2S2. The first kappa shape index (κ1) is 16.3. The zero-order chi connectivity index (χ0) is 17.1. The summed E-state index contributed by atoms with van der Waals surface area (Å²) in [5, 5.41) is 9.17. The van der Waals surface area contributed by atoms with Crippen LogP contribution in [-0.2, 0) is 0 Å². The number of aromatic nitrogens is 3. The molecule has 0 atom stereocenters. The van der Waals surface area contributed by atoms with E-state index in [1.807, 2.05) is 6.92 Å². The van der Waals surface area contributed by atoms with E-state index in [1.165, 1.54) is 34.9 Å². The average Bonchev–Trinajstić information content (AvgIpc) is 3.05. The number of amides is 1. The van der Waals surface area contributed by atoms with E-state index in [4.69, 9.17) is 4.74 Å². The van der Waals surface area contributed by atoms with E-state index in [0.29, 0.717) is 21.5 Å². The Kier molecular flexibility index (Phi) is 4.67. The number of aryl methyl sites for hydroxylation is 2. The van der Waals surface area contributed by atoms with Crippen molar-refractivity contribution >= 4 is 45.3 Å². The normalized spacial score (nSPS) is 10.5. The molecule has 24 heavy (non-hydrogen) atoms. The second kappa shape index (κ2) is 6.89. The Bertz CT molecular complexity index is 880. The summed E-state index contributed by atoms with van der Waals surface area (Å²) in [5.41, 5.74) is 0.430. The molecule has 7 nitrogen and oxygen atoms in total. The van der Waals surface area contributed by atoms with Gasteiger partial charge in [0, 0.05) is 11.4 Å². The minimum atomic E-state index is -0.703. The lowest BCUT2D eigenvalue weighted by atomic mass is 10.4. The first-order valence-electron chi connectivity index (χ1n) is 6.75. The average molecular weight is 365 g/mol. The largest absolute Gasteiger partial charge is 0.419 e. The number of nitrogens with one attached hydrogen (secondary N) is 2. The Morgan fingerprint density at radius 1 is 1.25 bits per heavy atom. The van der Waals surface area contributed by atoms with Gasteiger partial charge in [-0.1, -0.05) is 11.3 Å². The fourth-order valence-corrected chi connectivity index (χ4v) is 3.12. The van der Waals surface area contributed by atoms with Crippen molar-refractivity contribution in [1.29, 1.82) is 0 Å². The van der Waals surface area contributed by atoms with E-state index in [2.05, 4.69) is 25.6 Å². The smallest absolute Gasteiger partial charge is 0.388 e. The standard InChI is InChI=1S/C14H12FN5O2S2/c1-7-17-11(6-23-7)20-14(21)22-12-13(24-8(2)18-12)19-10-3-9(15)4-16-5-10/h3-6,19H,1-2H3,(H,20,21). The fourth-order valence-electron chi connectivity index (χ4n) is 1.81. The van der Waals surface area contributed by atoms with Gasteiger partial charge >= 0.3 is 6.09 Å². The molecule has 0 unspecified atom stereocenters. The quantitative estimate of drug-likeness (QED) is 0.723. The van der Waals surface area contributed by atoms with Crippen LogP contribution in [0.25, 0.3) is 0 Å². The van der Waals surface area contributed by atoms with Gasteiger partial charge in [0.15, 0.2) is 5.00 Å². The first-order valence-corrected chi connectivity index (χ1v) is 8.45. The highest BCUT2D eigenvalue weighted by Crippen LogP contribution is 2.33. The van der Waals surface area contributed by atoms with Crippen molar-refractivity contribution in [3.05, 3.63) is 39.7 Å². The number of nitrogens with zero attached hydrogens (tertiary/aromatic N) is 3. The first-order chi connectivity index (χ1) is 11.5. The molecule has 0 aromatic carbocycles. The molecule has 0 bridgehead atoms. The van der Waals surface area contributed by atoms with E-state index in [9.17, 15) is 9.18 Å². The zero-order valence-corrected chi connectivity index (χ0v) is 14.3. The summed E-state index contributed by atoms with van der Waals surface area (Å²) in [6, 6.07) is 1.28. The third kappa shape index (κ3) is 4.03. The number of carbonyl (C=O) groups is 1. The zero-order valence-electron chi connectivity index (χ0n) is 12.7. The van der Waals surface area contributed by atoms with Crippen LogP contribution in [0.3, 0.4) is 0 Å². The van der Waals surface area contributed by atoms with Gasteiger partial charge in [0.2, 0.25) is 0 Å². The SMILES string of the molecule is Cc1nc(NC(=O)Oc2nc(C)sc2Nc2cncc(F)c2)cs1. The van der Waals surface area contributed by atoms with Crippen LogP contribution in [0.1, 0.15) is 10.0 Å². The van der Waals surface area contributed by atoms with Gasteiger partial charge in [0.1, 0.15) is 11.6 Å². The van der Waals surface area contributed by atoms with Gasteiger partial charge in [0.05, 0.1) is 28.1 Å². The van der Waals surface area contributed by atoms with E-state index >= 15 is 0 Å². The molecule has 124 valence electrons. The highest BCUT2D eigenvalue weighted by atomic mass is 32.1. The minimum Gasteiger partial charge on any atom is -0.388 e. The van der Waals surface area contributed by atoms with Crippen LogP contribution in [0.4, 0.5) is 25.7 Å². The minimum absolute atomic E-state index is 0.103. The molecule has 3 rings (SSSR count). The molecule has 0 aliphatic carbocycles. The summed E-state index contributed by atoms with van der Waals surface area (Å²) < 4.78 is 18.4. The Morgan fingerprint density at radius 3 is 2.79 bits per heavy atom. The third-order valence-corrected chi connectivity index (χ3v) is 4.35. The Labute approximate surface area is 144 Å². The molecular weight excluding hydrogens is 353 g/mol. The van der Waals surface area contributed by atoms with Crippen LogP contribution in [0.2, 0.25) is 0 Å². The maximum Gasteiger partial charge on any atom is 0.419 e. The highest BCUT2D eigenvalue weighted by Gasteiger charge is 2.16. The van der Waals surface area contributed by atoms with Gasteiger partial charge < -0.3 is 10.1 Å². The number of thiazole rings is 2. The Hall–Kier alpha value is -2.59. The molecule has 0 aliphatic heterocycles. The van der Waals surface area contributed by atoms with Crippen LogP contribution >= 0.6 is 22.7 Å². The second-order valence-corrected chi connectivity index (χ2v) is 6.92. The molecule has 2 N–H and O–H groups in total. The molecule has 3 heterocycles. The van der Waals surface area contributed by atoms with Crippen LogP contribution < -0.4 is 15.4 Å². The van der Waals surface area contributed by atoms with Crippen LogP contribution in [0.5, 0.6) is 5.88 Å². The van der Waals surface area contributed by atoms with Gasteiger partial charge in [-0.3, -0.25) is 10.3 Å². The van der Waals surface area contributed by atoms with Crippen molar-refractivity contribution in [2.45, 2.75) is 13.8 Å². The summed E-state index contributed by atoms with van der Waals surface area (Å²) in [7, 11) is 0. The second-order valence-electron chi connectivity index (χ2n) is 4.65. The number of ether oxygens (including phenoxy) is 1. The van der Waals surface area contributed by atoms with Crippen molar-refractivity contribution < 1.29 is 13.9 Å². The fraction of sp³-hybridized carbons (Fsp3) is 0.143. The molecule has 0 saturated heterocycles. The monoisotopic (exact) mass is 365 g/mol. The van der Waals surface area contributed by atoms with Crippen LogP contribution in [-0.4, -0.2) is 21.0 Å². The number of carbonyl (C=O) groups excluding carboxylic acids is 1. The van der Waals surface area contributed by atoms with Gasteiger partial charge in [-0.15, -0.1) is 11.3 Å². The molecule has 10 heteroatoms. The number of hydrogen-bond acceptors (Lipinski definition) is 8. The van der Waals surface area contributed by atoms with Crippen molar-refractivity contribution in [3.8, 4) is 5.88 Å². The molecule has 0 radical (unpaired) electrons. The predicted octanol–water partition coefficient (Wildman–Crippen LogP) is 4.11. The maximum atomic E-state index is 13.2. The summed E-state index contributed by atoms with van der Waals surface area (Å²) in [6.07, 6.45) is 1.86. The number of anilines is 3. The van der Waals surface area contributed by atoms with Crippen molar-refractivity contribution in [2.24, 2.45) is 0 Å². The molecule has 0 saturated carbocycles. The summed E-state index contributed by atoms with van der Waals surface area (Å²) >= 11 is 2.69. The summed E-state index contributed by atoms with van der Waals surface area (Å²) in [5.74, 6) is 0.0462. The van der Waals surface area contributed by atoms with Gasteiger partial charge in [-0.25, -0.2) is 19.2 Å². The van der Waals surface area contributed by atoms with Crippen LogP contribution in [0, 0.1) is 19.7 Å². The van der Waals surface area contributed by atoms with Crippen molar-refractivity contribution in [1.82, 2.24) is 15.0 Å². The van der Waals surface area contributed by atoms with E-state index in [0.717, 1.165) is 11.2 Å². The van der Waals surface area contributed by atoms with Gasteiger partial charge in [-0.2, -0.15) is 0 Å². The number of halogens is 1. The lowest BCUT2D eigenvalue weighted by Gasteiger charge is -2.06. The van der Waals surface area contributed by atoms with E-state index in [-0.39, 0.29) is 5.88 Å². The van der Waals surface area contributed by atoms with Gasteiger partial charge in [0.25, 0.3) is 5.88 Å². The lowest BCUT2D eigenvalue weighted by Crippen LogP contribution is -2.17. The number of rotatable bonds is 4. The van der Waals surface area contributed by atoms with Crippen molar-refractivity contribution in [2.75, 3.05) is 10.6 Å². The molecule has 0 spiro atoms. The molecule has 0 aliphatic rings. The Morgan fingerprint density at radius 2 is 2.08 bits per heavy atom. The lowest BCUT2D eigenvalue weighted by molar-refractivity contribution is 0.214. The number of hydrogen-bond donors (Lipinski definition) is 2.